The molecule has 1 aromatic heterocycles. The summed E-state index contributed by atoms with van der Waals surface area (Å²) in [7, 11) is 0. The molecule has 0 saturated heterocycles. The Morgan fingerprint density at radius 2 is 2.47 bits per heavy atom. The standard InChI is InChI=1S/C8H12N4O3/c9-8(14)15-7-1-5(2-7)12-6(4-13)3-10-11-12/h3,5,7,13H,1-2,4H2,(H2,9,14)/t5-,7-. The van der Waals surface area contributed by atoms with Gasteiger partial charge in [0.25, 0.3) is 0 Å². The van der Waals surface area contributed by atoms with Crippen molar-refractivity contribution in [2.45, 2.75) is 31.6 Å². The van der Waals surface area contributed by atoms with E-state index in [4.69, 9.17) is 15.6 Å². The number of carbonyl (C=O) groups excluding carboxylic acids is 1. The smallest absolute Gasteiger partial charge is 0.404 e. The van der Waals surface area contributed by atoms with E-state index < -0.39 is 6.09 Å². The summed E-state index contributed by atoms with van der Waals surface area (Å²) in [5, 5.41) is 16.5. The van der Waals surface area contributed by atoms with Gasteiger partial charge in [0.05, 0.1) is 24.5 Å². The lowest BCUT2D eigenvalue weighted by Gasteiger charge is -2.34. The van der Waals surface area contributed by atoms with E-state index in [-0.39, 0.29) is 18.8 Å². The predicted octanol–water partition coefficient (Wildman–Crippen LogP) is -0.431. The molecule has 1 aromatic rings. The van der Waals surface area contributed by atoms with Crippen molar-refractivity contribution < 1.29 is 14.6 Å². The molecule has 0 aliphatic heterocycles. The van der Waals surface area contributed by atoms with Crippen LogP contribution < -0.4 is 5.73 Å². The number of aliphatic hydroxyl groups is 1. The van der Waals surface area contributed by atoms with Crippen molar-refractivity contribution in [3.8, 4) is 0 Å². The van der Waals surface area contributed by atoms with E-state index in [9.17, 15) is 4.79 Å². The molecule has 0 bridgehead atoms. The molecule has 7 nitrogen and oxygen atoms in total. The monoisotopic (exact) mass is 212 g/mol. The topological polar surface area (TPSA) is 103 Å². The number of nitrogens with two attached hydrogens (primary N) is 1. The molecule has 1 saturated carbocycles. The fraction of sp³-hybridized carbons (Fsp3) is 0.625. The Labute approximate surface area is 85.8 Å². The second-order valence-corrected chi connectivity index (χ2v) is 3.51. The van der Waals surface area contributed by atoms with Gasteiger partial charge in [-0.25, -0.2) is 9.48 Å². The van der Waals surface area contributed by atoms with Gasteiger partial charge < -0.3 is 15.6 Å². The van der Waals surface area contributed by atoms with Crippen molar-refractivity contribution in [1.29, 1.82) is 0 Å². The molecule has 2 rings (SSSR count). The maximum Gasteiger partial charge on any atom is 0.404 e. The second-order valence-electron chi connectivity index (χ2n) is 3.51. The zero-order valence-corrected chi connectivity index (χ0v) is 8.04. The molecule has 0 atom stereocenters. The lowest BCUT2D eigenvalue weighted by molar-refractivity contribution is 0.0206. The van der Waals surface area contributed by atoms with Gasteiger partial charge in [-0.15, -0.1) is 5.10 Å². The Kier molecular flexibility index (Phi) is 2.55. The first kappa shape index (κ1) is 9.91. The molecule has 1 aliphatic carbocycles. The number of hydrogen-bond acceptors (Lipinski definition) is 5. The molecule has 3 N–H and O–H groups in total. The first-order chi connectivity index (χ1) is 7.20. The summed E-state index contributed by atoms with van der Waals surface area (Å²) in [6.07, 6.45) is 1.96. The summed E-state index contributed by atoms with van der Waals surface area (Å²) in [4.78, 5) is 10.4. The van der Waals surface area contributed by atoms with Crippen LogP contribution in [-0.2, 0) is 11.3 Å². The third-order valence-electron chi connectivity index (χ3n) is 2.51. The summed E-state index contributed by atoms with van der Waals surface area (Å²) >= 11 is 0. The average Bonchev–Trinajstić information content (AvgIpc) is 2.57. The average molecular weight is 212 g/mol. The maximum absolute atomic E-state index is 10.4. The van der Waals surface area contributed by atoms with Crippen LogP contribution in [0.2, 0.25) is 0 Å². The Bertz CT molecular complexity index is 359. The minimum Gasteiger partial charge on any atom is -0.446 e. The molecule has 1 aliphatic rings. The van der Waals surface area contributed by atoms with Crippen LogP contribution in [0, 0.1) is 0 Å². The number of aromatic nitrogens is 3. The maximum atomic E-state index is 10.4. The Morgan fingerprint density at radius 1 is 1.73 bits per heavy atom. The summed E-state index contributed by atoms with van der Waals surface area (Å²) in [5.41, 5.74) is 5.55. The highest BCUT2D eigenvalue weighted by molar-refractivity contribution is 5.64. The van der Waals surface area contributed by atoms with Crippen molar-refractivity contribution in [1.82, 2.24) is 15.0 Å². The quantitative estimate of drug-likeness (QED) is 0.707. The van der Waals surface area contributed by atoms with Crippen LogP contribution in [0.25, 0.3) is 0 Å². The number of aliphatic hydroxyl groups excluding tert-OH is 1. The van der Waals surface area contributed by atoms with Gasteiger partial charge in [-0.1, -0.05) is 5.21 Å². The molecule has 1 fully saturated rings. The third kappa shape index (κ3) is 1.91. The summed E-state index contributed by atoms with van der Waals surface area (Å²) in [5.74, 6) is 0. The van der Waals surface area contributed by atoms with Gasteiger partial charge in [0.2, 0.25) is 0 Å². The zero-order chi connectivity index (χ0) is 10.8. The van der Waals surface area contributed by atoms with Crippen molar-refractivity contribution >= 4 is 6.09 Å². The molecule has 0 unspecified atom stereocenters. The summed E-state index contributed by atoms with van der Waals surface area (Å²) < 4.78 is 6.46. The molecule has 1 heterocycles. The first-order valence-corrected chi connectivity index (χ1v) is 4.66. The van der Waals surface area contributed by atoms with Gasteiger partial charge in [0, 0.05) is 12.8 Å². The van der Waals surface area contributed by atoms with E-state index >= 15 is 0 Å². The van der Waals surface area contributed by atoms with Crippen molar-refractivity contribution in [3.63, 3.8) is 0 Å². The molecular weight excluding hydrogens is 200 g/mol. The van der Waals surface area contributed by atoms with E-state index in [1.54, 1.807) is 4.68 Å². The van der Waals surface area contributed by atoms with E-state index in [1.165, 1.54) is 6.20 Å². The minimum absolute atomic E-state index is 0.0924. The fourth-order valence-electron chi connectivity index (χ4n) is 1.68. The SMILES string of the molecule is NC(=O)O[C@H]1C[C@H](n2nncc2CO)C1. The van der Waals surface area contributed by atoms with Gasteiger partial charge in [-0.3, -0.25) is 0 Å². The van der Waals surface area contributed by atoms with Crippen LogP contribution in [0.1, 0.15) is 24.6 Å². The number of primary amides is 1. The van der Waals surface area contributed by atoms with Crippen molar-refractivity contribution in [2.75, 3.05) is 0 Å². The molecule has 0 radical (unpaired) electrons. The molecule has 0 aromatic carbocycles. The van der Waals surface area contributed by atoms with Crippen LogP contribution >= 0.6 is 0 Å². The Balaban J connectivity index is 1.91. The molecule has 7 heteroatoms. The Morgan fingerprint density at radius 3 is 3.07 bits per heavy atom. The van der Waals surface area contributed by atoms with E-state index in [0.717, 1.165) is 0 Å². The summed E-state index contributed by atoms with van der Waals surface area (Å²) in [6, 6.07) is 0.138. The highest BCUT2D eigenvalue weighted by atomic mass is 16.6. The van der Waals surface area contributed by atoms with Crippen LogP contribution in [0.15, 0.2) is 6.20 Å². The molecule has 82 valence electrons. The van der Waals surface area contributed by atoms with Gasteiger partial charge in [0.1, 0.15) is 6.10 Å². The highest BCUT2D eigenvalue weighted by Crippen LogP contribution is 2.34. The van der Waals surface area contributed by atoms with Gasteiger partial charge in [0.15, 0.2) is 0 Å². The number of nitrogens with zero attached hydrogens (tertiary/aromatic N) is 3. The number of carbonyl (C=O) groups is 1. The van der Waals surface area contributed by atoms with Crippen molar-refractivity contribution in [3.05, 3.63) is 11.9 Å². The van der Waals surface area contributed by atoms with Gasteiger partial charge in [-0.2, -0.15) is 0 Å². The number of amides is 1. The third-order valence-corrected chi connectivity index (χ3v) is 2.51. The van der Waals surface area contributed by atoms with Crippen LogP contribution in [0.5, 0.6) is 0 Å². The summed E-state index contributed by atoms with van der Waals surface area (Å²) in [6.45, 7) is -0.0924. The second kappa shape index (κ2) is 3.85. The van der Waals surface area contributed by atoms with Crippen LogP contribution in [0.3, 0.4) is 0 Å². The van der Waals surface area contributed by atoms with E-state index in [1.807, 2.05) is 0 Å². The molecular formula is C8H12N4O3. The van der Waals surface area contributed by atoms with Crippen LogP contribution in [-0.4, -0.2) is 32.3 Å². The predicted molar refractivity (Wildman–Crippen MR) is 48.7 cm³/mol. The first-order valence-electron chi connectivity index (χ1n) is 4.66. The number of rotatable bonds is 3. The van der Waals surface area contributed by atoms with Crippen molar-refractivity contribution in [2.24, 2.45) is 5.73 Å². The largest absolute Gasteiger partial charge is 0.446 e. The lowest BCUT2D eigenvalue weighted by Crippen LogP contribution is -2.37. The van der Waals surface area contributed by atoms with E-state index in [2.05, 4.69) is 10.3 Å². The Hall–Kier alpha value is -1.63. The van der Waals surface area contributed by atoms with Gasteiger partial charge >= 0.3 is 6.09 Å². The molecule has 0 spiro atoms. The van der Waals surface area contributed by atoms with Crippen LogP contribution in [0.4, 0.5) is 4.79 Å². The normalized spacial score (nSPS) is 24.6. The minimum atomic E-state index is -0.751. The number of ether oxygens (including phenoxy) is 1. The zero-order valence-electron chi connectivity index (χ0n) is 8.04. The lowest BCUT2D eigenvalue weighted by atomic mass is 9.89. The molecule has 15 heavy (non-hydrogen) atoms. The molecule has 1 amide bonds. The fourth-order valence-corrected chi connectivity index (χ4v) is 1.68. The highest BCUT2D eigenvalue weighted by Gasteiger charge is 2.34. The number of hydrogen-bond donors (Lipinski definition) is 2. The van der Waals surface area contributed by atoms with Gasteiger partial charge in [-0.05, 0) is 0 Å². The van der Waals surface area contributed by atoms with E-state index in [0.29, 0.717) is 18.5 Å².